The molecule has 0 bridgehead atoms. The van der Waals surface area contributed by atoms with Crippen LogP contribution < -0.4 is 15.9 Å². The minimum atomic E-state index is -1.12. The number of rotatable bonds is 3. The van der Waals surface area contributed by atoms with Gasteiger partial charge in [0, 0.05) is 15.7 Å². The van der Waals surface area contributed by atoms with Crippen LogP contribution in [0.2, 0.25) is 0 Å². The Bertz CT molecular complexity index is 813. The zero-order valence-electron chi connectivity index (χ0n) is 10.7. The average molecular weight is 302 g/mol. The van der Waals surface area contributed by atoms with Crippen LogP contribution in [0.4, 0.5) is 0 Å². The molecule has 21 heavy (non-hydrogen) atoms. The first kappa shape index (κ1) is 13.6. The largest absolute Gasteiger partial charge is 0.480 e. The molecule has 1 aromatic rings. The molecule has 1 unspecified atom stereocenters. The Morgan fingerprint density at radius 1 is 1.38 bits per heavy atom. The van der Waals surface area contributed by atoms with Crippen LogP contribution in [0.1, 0.15) is 10.4 Å². The second-order valence-corrected chi connectivity index (χ2v) is 5.49. The molecule has 2 amide bonds. The normalized spacial score (nSPS) is 18.8. The number of hydrogen-bond donors (Lipinski definition) is 2. The number of carbonyl (C=O) groups is 3. The molecule has 0 spiro atoms. The summed E-state index contributed by atoms with van der Waals surface area (Å²) in [6, 6.07) is 4.85. The number of carboxylic acid groups (broad SMARTS) is 1. The molecule has 2 aliphatic rings. The van der Waals surface area contributed by atoms with E-state index in [1.807, 2.05) is 11.5 Å². The first-order chi connectivity index (χ1) is 10.1. The molecule has 0 saturated carbocycles. The summed E-state index contributed by atoms with van der Waals surface area (Å²) in [5.41, 5.74) is 0.279. The molecule has 2 heterocycles. The summed E-state index contributed by atoms with van der Waals surface area (Å²) in [5.74, 6) is -2.18. The van der Waals surface area contributed by atoms with E-state index in [0.717, 1.165) is 10.1 Å². The Morgan fingerprint density at radius 2 is 2.19 bits per heavy atom. The number of amides is 2. The lowest BCUT2D eigenvalue weighted by molar-refractivity contribution is -0.135. The Labute approximate surface area is 123 Å². The van der Waals surface area contributed by atoms with Gasteiger partial charge in [0.1, 0.15) is 6.54 Å². The van der Waals surface area contributed by atoms with Gasteiger partial charge in [-0.2, -0.15) is 0 Å². The second kappa shape index (κ2) is 5.17. The minimum absolute atomic E-state index is 0.248. The summed E-state index contributed by atoms with van der Waals surface area (Å²) < 4.78 is 0. The van der Waals surface area contributed by atoms with Gasteiger partial charge >= 0.3 is 5.97 Å². The van der Waals surface area contributed by atoms with E-state index in [0.29, 0.717) is 5.36 Å². The van der Waals surface area contributed by atoms with E-state index in [4.69, 9.17) is 5.11 Å². The van der Waals surface area contributed by atoms with E-state index in [1.165, 1.54) is 17.8 Å². The fourth-order valence-electron chi connectivity index (χ4n) is 2.20. The van der Waals surface area contributed by atoms with Crippen molar-refractivity contribution in [3.05, 3.63) is 45.8 Å². The molecule has 2 aliphatic heterocycles. The lowest BCUT2D eigenvalue weighted by Crippen LogP contribution is -2.37. The third-order valence-electron chi connectivity index (χ3n) is 3.17. The van der Waals surface area contributed by atoms with Gasteiger partial charge in [0.2, 0.25) is 0 Å². The van der Waals surface area contributed by atoms with Crippen molar-refractivity contribution in [1.82, 2.24) is 5.32 Å². The zero-order valence-corrected chi connectivity index (χ0v) is 11.5. The van der Waals surface area contributed by atoms with Crippen LogP contribution in [0.25, 0.3) is 4.91 Å². The summed E-state index contributed by atoms with van der Waals surface area (Å²) in [6.45, 7) is -0.453. The van der Waals surface area contributed by atoms with E-state index in [2.05, 4.69) is 10.3 Å². The van der Waals surface area contributed by atoms with Gasteiger partial charge in [-0.25, -0.2) is 4.99 Å². The van der Waals surface area contributed by atoms with Gasteiger partial charge in [0.25, 0.3) is 11.8 Å². The molecule has 3 rings (SSSR count). The molecule has 0 radical (unpaired) electrons. The fourth-order valence-corrected chi connectivity index (χ4v) is 3.21. The molecule has 1 aromatic carbocycles. The number of nitrogens with one attached hydrogen (secondary N) is 1. The van der Waals surface area contributed by atoms with Gasteiger partial charge in [-0.3, -0.25) is 14.4 Å². The number of carboxylic acids is 1. The van der Waals surface area contributed by atoms with Crippen molar-refractivity contribution in [2.24, 2.45) is 10.9 Å². The topological polar surface area (TPSA) is 95.8 Å². The van der Waals surface area contributed by atoms with Crippen LogP contribution in [0.15, 0.2) is 34.7 Å². The smallest absolute Gasteiger partial charge is 0.322 e. The zero-order chi connectivity index (χ0) is 15.0. The van der Waals surface area contributed by atoms with Gasteiger partial charge in [0.05, 0.1) is 11.3 Å². The number of aliphatic carboxylic acids is 1. The fraction of sp³-hybridized carbons (Fsp3) is 0.143. The van der Waals surface area contributed by atoms with Gasteiger partial charge in [-0.1, -0.05) is 12.1 Å². The second-order valence-electron chi connectivity index (χ2n) is 4.55. The van der Waals surface area contributed by atoms with Crippen LogP contribution in [-0.2, 0) is 9.59 Å². The van der Waals surface area contributed by atoms with Gasteiger partial charge in [0.15, 0.2) is 0 Å². The maximum Gasteiger partial charge on any atom is 0.322 e. The van der Waals surface area contributed by atoms with E-state index in [-0.39, 0.29) is 17.4 Å². The molecule has 1 atom stereocenters. The van der Waals surface area contributed by atoms with Crippen molar-refractivity contribution in [3.63, 3.8) is 0 Å². The summed E-state index contributed by atoms with van der Waals surface area (Å²) in [4.78, 5) is 39.1. The maximum absolute atomic E-state index is 11.9. The van der Waals surface area contributed by atoms with Crippen molar-refractivity contribution in [2.75, 3.05) is 6.54 Å². The van der Waals surface area contributed by atoms with Crippen molar-refractivity contribution < 1.29 is 19.5 Å². The predicted molar refractivity (Wildman–Crippen MR) is 75.8 cm³/mol. The first-order valence-corrected chi connectivity index (χ1v) is 7.04. The summed E-state index contributed by atoms with van der Waals surface area (Å²) >= 11 is 1.48. The first-order valence-electron chi connectivity index (χ1n) is 6.16. The van der Waals surface area contributed by atoms with Crippen LogP contribution in [0.3, 0.4) is 0 Å². The summed E-state index contributed by atoms with van der Waals surface area (Å²) in [7, 11) is 0. The number of nitrogens with zero attached hydrogens (tertiary/aromatic N) is 1. The molecule has 2 N–H and O–H groups in total. The Morgan fingerprint density at radius 3 is 2.95 bits per heavy atom. The monoisotopic (exact) mass is 302 g/mol. The average Bonchev–Trinajstić information content (AvgIpc) is 2.94. The molecular weight excluding hydrogens is 292 g/mol. The molecule has 7 heteroatoms. The lowest BCUT2D eigenvalue weighted by atomic mass is 10.0. The van der Waals surface area contributed by atoms with Gasteiger partial charge < -0.3 is 10.4 Å². The molecule has 0 aliphatic carbocycles. The van der Waals surface area contributed by atoms with E-state index < -0.39 is 18.4 Å². The standard InChI is InChI=1S/C14H10N2O4S/c17-11(18)6-15-13(19)7-1-2-8-10(5-7)16-14(20)9-3-4-21-12(8)9/h1-5,9H,6H2,(H,15,19)(H,17,18). The van der Waals surface area contributed by atoms with Crippen LogP contribution in [0.5, 0.6) is 0 Å². The predicted octanol–water partition coefficient (Wildman–Crippen LogP) is -0.354. The van der Waals surface area contributed by atoms with E-state index in [1.54, 1.807) is 12.1 Å². The van der Waals surface area contributed by atoms with Crippen molar-refractivity contribution in [2.45, 2.75) is 0 Å². The van der Waals surface area contributed by atoms with Gasteiger partial charge in [-0.05, 0) is 17.5 Å². The highest BCUT2D eigenvalue weighted by Gasteiger charge is 2.27. The number of hydrogen-bond acceptors (Lipinski definition) is 4. The van der Waals surface area contributed by atoms with Crippen molar-refractivity contribution in [1.29, 1.82) is 0 Å². The number of thioether (sulfide) groups is 1. The number of carbonyl (C=O) groups excluding carboxylic acids is 2. The SMILES string of the molecule is O=C(O)CNC(=O)c1ccc2c(c1)=NC(=O)C1C=CSC=21. The minimum Gasteiger partial charge on any atom is -0.480 e. The molecule has 0 fully saturated rings. The molecule has 0 saturated heterocycles. The maximum atomic E-state index is 11.9. The Kier molecular flexibility index (Phi) is 3.34. The lowest BCUT2D eigenvalue weighted by Gasteiger charge is -2.11. The van der Waals surface area contributed by atoms with Crippen LogP contribution in [-0.4, -0.2) is 29.4 Å². The number of fused-ring (bicyclic) bond motifs is 2. The van der Waals surface area contributed by atoms with E-state index >= 15 is 0 Å². The highest BCUT2D eigenvalue weighted by Crippen LogP contribution is 2.35. The molecular formula is C14H10N2O4S. The molecule has 106 valence electrons. The Hall–Kier alpha value is -2.41. The quantitative estimate of drug-likeness (QED) is 0.795. The highest BCUT2D eigenvalue weighted by atomic mass is 32.2. The highest BCUT2D eigenvalue weighted by molar-refractivity contribution is 8.10. The Balaban J connectivity index is 2.00. The van der Waals surface area contributed by atoms with Gasteiger partial charge in [-0.15, -0.1) is 11.8 Å². The van der Waals surface area contributed by atoms with Crippen LogP contribution in [0, 0.1) is 5.92 Å². The summed E-state index contributed by atoms with van der Waals surface area (Å²) in [6.07, 6.45) is 1.81. The van der Waals surface area contributed by atoms with E-state index in [9.17, 15) is 14.4 Å². The number of benzene rings is 1. The van der Waals surface area contributed by atoms with Crippen molar-refractivity contribution in [3.8, 4) is 0 Å². The molecule has 0 aromatic heterocycles. The van der Waals surface area contributed by atoms with Crippen LogP contribution >= 0.6 is 11.8 Å². The van der Waals surface area contributed by atoms with Crippen molar-refractivity contribution >= 4 is 34.5 Å². The molecule has 6 nitrogen and oxygen atoms in total. The third kappa shape index (κ3) is 2.47. The third-order valence-corrected chi connectivity index (χ3v) is 4.19. The summed E-state index contributed by atoms with van der Waals surface area (Å²) in [5, 5.41) is 14.0.